The van der Waals surface area contributed by atoms with Gasteiger partial charge in [0, 0.05) is 31.1 Å². The molecule has 0 saturated heterocycles. The molecule has 118 valence electrons. The van der Waals surface area contributed by atoms with Crippen LogP contribution in [-0.4, -0.2) is 27.6 Å². The van der Waals surface area contributed by atoms with Crippen molar-refractivity contribution in [1.29, 1.82) is 0 Å². The number of thiophene rings is 1. The second kappa shape index (κ2) is 6.14. The van der Waals surface area contributed by atoms with Crippen LogP contribution in [0, 0.1) is 5.92 Å². The Bertz CT molecular complexity index is 618. The van der Waals surface area contributed by atoms with Crippen molar-refractivity contribution in [3.05, 3.63) is 40.1 Å². The van der Waals surface area contributed by atoms with Crippen LogP contribution in [0.4, 0.5) is 0 Å². The average Bonchev–Trinajstić information content (AvgIpc) is 3.03. The lowest BCUT2D eigenvalue weighted by Gasteiger charge is -2.34. The molecule has 1 aliphatic carbocycles. The topological polar surface area (TPSA) is 30.3 Å². The van der Waals surface area contributed by atoms with Crippen molar-refractivity contribution in [3.63, 3.8) is 0 Å². The first-order chi connectivity index (χ1) is 10.8. The lowest BCUT2D eigenvalue weighted by Crippen LogP contribution is -2.37. The Morgan fingerprint density at radius 3 is 3.05 bits per heavy atom. The third kappa shape index (κ3) is 2.98. The van der Waals surface area contributed by atoms with Gasteiger partial charge in [0.25, 0.3) is 0 Å². The molecule has 0 N–H and O–H groups in total. The van der Waals surface area contributed by atoms with Gasteiger partial charge in [-0.1, -0.05) is 6.07 Å². The maximum absolute atomic E-state index is 5.84. The molecule has 22 heavy (non-hydrogen) atoms. The van der Waals surface area contributed by atoms with Crippen molar-refractivity contribution in [2.75, 3.05) is 13.2 Å². The van der Waals surface area contributed by atoms with Gasteiger partial charge in [0.2, 0.25) is 0 Å². The molecule has 0 radical (unpaired) electrons. The minimum absolute atomic E-state index is 0.369. The minimum atomic E-state index is 0.369. The standard InChI is InChI=1S/C17H23N3OS/c1-13-17-18-9-15(12-21-11-14-4-5-14)20(17)7-6-19(13)10-16-3-2-8-22-16/h2-3,8-9,13-14H,4-7,10-12H2,1H3/t13-/m0/s1. The molecule has 4 rings (SSSR count). The Balaban J connectivity index is 1.42. The fourth-order valence-electron chi connectivity index (χ4n) is 3.15. The van der Waals surface area contributed by atoms with E-state index in [1.165, 1.54) is 29.2 Å². The lowest BCUT2D eigenvalue weighted by molar-refractivity contribution is 0.101. The van der Waals surface area contributed by atoms with Gasteiger partial charge < -0.3 is 9.30 Å². The maximum atomic E-state index is 5.84. The van der Waals surface area contributed by atoms with Crippen molar-refractivity contribution in [2.24, 2.45) is 5.92 Å². The molecule has 2 aromatic heterocycles. The zero-order valence-corrected chi connectivity index (χ0v) is 13.9. The lowest BCUT2D eigenvalue weighted by atomic mass is 10.2. The summed E-state index contributed by atoms with van der Waals surface area (Å²) < 4.78 is 8.21. The molecule has 0 aromatic carbocycles. The van der Waals surface area contributed by atoms with Crippen LogP contribution < -0.4 is 0 Å². The number of ether oxygens (including phenoxy) is 1. The molecule has 0 amide bonds. The molecule has 3 heterocycles. The summed E-state index contributed by atoms with van der Waals surface area (Å²) in [6, 6.07) is 4.72. The van der Waals surface area contributed by atoms with Crippen molar-refractivity contribution in [2.45, 2.75) is 45.5 Å². The summed E-state index contributed by atoms with van der Waals surface area (Å²) in [5.41, 5.74) is 1.23. The van der Waals surface area contributed by atoms with E-state index in [-0.39, 0.29) is 0 Å². The largest absolute Gasteiger partial charge is 0.375 e. The van der Waals surface area contributed by atoms with Gasteiger partial charge in [-0.2, -0.15) is 0 Å². The first-order valence-corrected chi connectivity index (χ1v) is 9.07. The summed E-state index contributed by atoms with van der Waals surface area (Å²) in [4.78, 5) is 8.62. The normalized spacial score (nSPS) is 22.0. The van der Waals surface area contributed by atoms with Gasteiger partial charge >= 0.3 is 0 Å². The van der Waals surface area contributed by atoms with E-state index in [0.717, 1.165) is 32.2 Å². The highest BCUT2D eigenvalue weighted by atomic mass is 32.1. The van der Waals surface area contributed by atoms with Gasteiger partial charge in [0.15, 0.2) is 0 Å². The number of nitrogens with zero attached hydrogens (tertiary/aromatic N) is 3. The van der Waals surface area contributed by atoms with E-state index in [1.807, 2.05) is 17.5 Å². The molecular formula is C17H23N3OS. The summed E-state index contributed by atoms with van der Waals surface area (Å²) in [6.45, 7) is 7.02. The van der Waals surface area contributed by atoms with E-state index in [4.69, 9.17) is 4.74 Å². The quantitative estimate of drug-likeness (QED) is 0.817. The third-order valence-corrected chi connectivity index (χ3v) is 5.60. The molecule has 5 heteroatoms. The first kappa shape index (κ1) is 14.4. The highest BCUT2D eigenvalue weighted by Crippen LogP contribution is 2.30. The van der Waals surface area contributed by atoms with E-state index in [2.05, 4.69) is 38.9 Å². The van der Waals surface area contributed by atoms with E-state index in [9.17, 15) is 0 Å². The molecule has 0 unspecified atom stereocenters. The third-order valence-electron chi connectivity index (χ3n) is 4.74. The predicted octanol–water partition coefficient (Wildman–Crippen LogP) is 3.45. The first-order valence-electron chi connectivity index (χ1n) is 8.19. The van der Waals surface area contributed by atoms with Crippen LogP contribution in [0.3, 0.4) is 0 Å². The molecule has 1 atom stereocenters. The Morgan fingerprint density at radius 1 is 1.36 bits per heavy atom. The number of aromatic nitrogens is 2. The van der Waals surface area contributed by atoms with Crippen LogP contribution in [0.2, 0.25) is 0 Å². The Morgan fingerprint density at radius 2 is 2.27 bits per heavy atom. The minimum Gasteiger partial charge on any atom is -0.375 e. The van der Waals surface area contributed by atoms with Crippen molar-refractivity contribution in [1.82, 2.24) is 14.5 Å². The van der Waals surface area contributed by atoms with Gasteiger partial charge in [-0.3, -0.25) is 4.90 Å². The van der Waals surface area contributed by atoms with Crippen molar-refractivity contribution >= 4 is 11.3 Å². The Labute approximate surface area is 135 Å². The van der Waals surface area contributed by atoms with Gasteiger partial charge in [0.05, 0.1) is 24.5 Å². The second-order valence-electron chi connectivity index (χ2n) is 6.44. The predicted molar refractivity (Wildman–Crippen MR) is 87.8 cm³/mol. The van der Waals surface area contributed by atoms with Crippen molar-refractivity contribution in [3.8, 4) is 0 Å². The van der Waals surface area contributed by atoms with Crippen LogP contribution >= 0.6 is 11.3 Å². The molecule has 1 aliphatic heterocycles. The van der Waals surface area contributed by atoms with Crippen LogP contribution in [0.25, 0.3) is 0 Å². The van der Waals surface area contributed by atoms with Crippen LogP contribution in [0.5, 0.6) is 0 Å². The molecule has 0 spiro atoms. The molecule has 1 fully saturated rings. The highest BCUT2D eigenvalue weighted by Gasteiger charge is 2.27. The summed E-state index contributed by atoms with van der Waals surface area (Å²) in [7, 11) is 0. The second-order valence-corrected chi connectivity index (χ2v) is 7.48. The van der Waals surface area contributed by atoms with Crippen LogP contribution in [0.1, 0.15) is 42.2 Å². The SMILES string of the molecule is C[C@H]1c2ncc(COCC3CC3)n2CCN1Cc1cccs1. The van der Waals surface area contributed by atoms with Gasteiger partial charge in [0.1, 0.15) is 5.82 Å². The van der Waals surface area contributed by atoms with Gasteiger partial charge in [-0.15, -0.1) is 11.3 Å². The Kier molecular flexibility index (Phi) is 4.03. The average molecular weight is 317 g/mol. The Hall–Kier alpha value is -1.17. The highest BCUT2D eigenvalue weighted by molar-refractivity contribution is 7.09. The summed E-state index contributed by atoms with van der Waals surface area (Å²) >= 11 is 1.84. The fraction of sp³-hybridized carbons (Fsp3) is 0.588. The molecule has 4 nitrogen and oxygen atoms in total. The molecule has 0 bridgehead atoms. The van der Waals surface area contributed by atoms with E-state index in [0.29, 0.717) is 12.6 Å². The number of fused-ring (bicyclic) bond motifs is 1. The maximum Gasteiger partial charge on any atom is 0.126 e. The van der Waals surface area contributed by atoms with Crippen LogP contribution in [-0.2, 0) is 24.4 Å². The van der Waals surface area contributed by atoms with Gasteiger partial charge in [-0.05, 0) is 37.1 Å². The number of hydrogen-bond donors (Lipinski definition) is 0. The molecule has 2 aliphatic rings. The zero-order chi connectivity index (χ0) is 14.9. The summed E-state index contributed by atoms with van der Waals surface area (Å²) in [6.07, 6.45) is 4.70. The number of rotatable bonds is 6. The zero-order valence-electron chi connectivity index (χ0n) is 13.1. The summed E-state index contributed by atoms with van der Waals surface area (Å²) in [5, 5.41) is 2.15. The van der Waals surface area contributed by atoms with Gasteiger partial charge in [-0.25, -0.2) is 4.98 Å². The smallest absolute Gasteiger partial charge is 0.126 e. The van der Waals surface area contributed by atoms with Crippen molar-refractivity contribution < 1.29 is 4.74 Å². The summed E-state index contributed by atoms with van der Waals surface area (Å²) in [5.74, 6) is 2.01. The number of hydrogen-bond acceptors (Lipinski definition) is 4. The van der Waals surface area contributed by atoms with E-state index < -0.39 is 0 Å². The monoisotopic (exact) mass is 317 g/mol. The molecule has 1 saturated carbocycles. The van der Waals surface area contributed by atoms with E-state index >= 15 is 0 Å². The van der Waals surface area contributed by atoms with E-state index in [1.54, 1.807) is 0 Å². The fourth-order valence-corrected chi connectivity index (χ4v) is 3.88. The molecule has 2 aromatic rings. The van der Waals surface area contributed by atoms with Crippen LogP contribution in [0.15, 0.2) is 23.7 Å². The number of imidazole rings is 1. The molecular weight excluding hydrogens is 294 g/mol.